The van der Waals surface area contributed by atoms with E-state index in [2.05, 4.69) is 30.7 Å². The molecule has 3 aromatic heterocycles. The second-order valence-electron chi connectivity index (χ2n) is 12.4. The third-order valence-electron chi connectivity index (χ3n) is 9.39. The smallest absolute Gasteiger partial charge is 0.278 e. The van der Waals surface area contributed by atoms with Gasteiger partial charge in [-0.25, -0.2) is 19.3 Å². The fourth-order valence-electron chi connectivity index (χ4n) is 6.75. The summed E-state index contributed by atoms with van der Waals surface area (Å²) < 4.78 is 35.5. The fourth-order valence-corrected chi connectivity index (χ4v) is 6.91. The van der Waals surface area contributed by atoms with Crippen molar-refractivity contribution in [3.8, 4) is 22.9 Å². The van der Waals surface area contributed by atoms with Crippen molar-refractivity contribution in [1.29, 1.82) is 0 Å². The van der Waals surface area contributed by atoms with Crippen LogP contribution in [0.15, 0.2) is 48.7 Å². The van der Waals surface area contributed by atoms with Crippen LogP contribution >= 0.6 is 11.6 Å². The highest BCUT2D eigenvalue weighted by Gasteiger charge is 2.43. The van der Waals surface area contributed by atoms with Gasteiger partial charge in [-0.2, -0.15) is 5.10 Å². The molecule has 12 heteroatoms. The zero-order chi connectivity index (χ0) is 31.4. The van der Waals surface area contributed by atoms with Crippen molar-refractivity contribution in [2.75, 3.05) is 19.7 Å². The number of fused-ring (bicyclic) bond motifs is 2. The Morgan fingerprint density at radius 2 is 1.93 bits per heavy atom. The number of aromatic amines is 1. The minimum Gasteiger partial charge on any atom is -0.444 e. The minimum atomic E-state index is -1.27. The van der Waals surface area contributed by atoms with E-state index in [-0.39, 0.29) is 12.0 Å². The summed E-state index contributed by atoms with van der Waals surface area (Å²) in [7, 11) is 0. The standard InChI is InChI=1S/C34H35ClFN7O3/c1-3-29-39-32(41-40-29)21-15-27-33(37-17-21)43(18-23-11-14-44-23)30(38-27)19-42-12-9-20(10-13-42)24-5-4-6-28-31(24)46-34(2,45-28)25-8-7-22(35)16-26(25)36/h4-8,15-17,20,23H,3,9-14,18-19H2,1-2H3,(H,39,40,41). The van der Waals surface area contributed by atoms with Crippen molar-refractivity contribution in [2.24, 2.45) is 0 Å². The molecule has 6 heterocycles. The maximum absolute atomic E-state index is 14.9. The lowest BCUT2D eigenvalue weighted by Crippen LogP contribution is -2.35. The third-order valence-corrected chi connectivity index (χ3v) is 9.63. The molecule has 8 rings (SSSR count). The summed E-state index contributed by atoms with van der Waals surface area (Å²) in [6.45, 7) is 7.84. The second kappa shape index (κ2) is 11.6. The number of para-hydroxylation sites is 1. The Labute approximate surface area is 270 Å². The van der Waals surface area contributed by atoms with E-state index in [4.69, 9.17) is 35.8 Å². The fraction of sp³-hybridized carbons (Fsp3) is 0.412. The lowest BCUT2D eigenvalue weighted by molar-refractivity contribution is -0.0712. The summed E-state index contributed by atoms with van der Waals surface area (Å²) in [6, 6.07) is 12.6. The summed E-state index contributed by atoms with van der Waals surface area (Å²) in [4.78, 5) is 16.9. The summed E-state index contributed by atoms with van der Waals surface area (Å²) in [5.41, 5.74) is 3.95. The molecule has 0 bridgehead atoms. The number of pyridine rings is 1. The van der Waals surface area contributed by atoms with Crippen molar-refractivity contribution in [2.45, 2.75) is 70.4 Å². The number of hydrogen-bond acceptors (Lipinski definition) is 8. The molecule has 0 saturated carbocycles. The van der Waals surface area contributed by atoms with E-state index in [0.29, 0.717) is 34.5 Å². The van der Waals surface area contributed by atoms with Crippen molar-refractivity contribution < 1.29 is 18.6 Å². The van der Waals surface area contributed by atoms with Crippen molar-refractivity contribution in [3.05, 3.63) is 82.3 Å². The van der Waals surface area contributed by atoms with Gasteiger partial charge < -0.3 is 18.8 Å². The first-order valence-electron chi connectivity index (χ1n) is 15.9. The number of benzene rings is 2. The van der Waals surface area contributed by atoms with Crippen LogP contribution in [0.25, 0.3) is 22.6 Å². The van der Waals surface area contributed by atoms with Crippen LogP contribution in [0.2, 0.25) is 5.02 Å². The molecule has 0 amide bonds. The van der Waals surface area contributed by atoms with Gasteiger partial charge in [0.25, 0.3) is 5.79 Å². The number of hydrogen-bond donors (Lipinski definition) is 1. The summed E-state index contributed by atoms with van der Waals surface area (Å²) in [5.74, 6) is 2.34. The highest BCUT2D eigenvalue weighted by molar-refractivity contribution is 6.30. The topological polar surface area (TPSA) is 103 Å². The van der Waals surface area contributed by atoms with Crippen LogP contribution in [-0.2, 0) is 30.0 Å². The summed E-state index contributed by atoms with van der Waals surface area (Å²) >= 11 is 6.00. The minimum absolute atomic E-state index is 0.179. The molecule has 0 aliphatic carbocycles. The summed E-state index contributed by atoms with van der Waals surface area (Å²) in [6.07, 6.45) is 5.73. The number of nitrogens with one attached hydrogen (secondary N) is 1. The van der Waals surface area contributed by atoms with Gasteiger partial charge in [0.1, 0.15) is 23.0 Å². The van der Waals surface area contributed by atoms with Gasteiger partial charge in [0.15, 0.2) is 23.0 Å². The molecule has 10 nitrogen and oxygen atoms in total. The number of imidazole rings is 1. The average Bonchev–Trinajstić information content (AvgIpc) is 3.74. The number of rotatable bonds is 8. The molecule has 2 saturated heterocycles. The van der Waals surface area contributed by atoms with Gasteiger partial charge in [0, 0.05) is 42.3 Å². The van der Waals surface area contributed by atoms with Gasteiger partial charge in [-0.3, -0.25) is 10.00 Å². The second-order valence-corrected chi connectivity index (χ2v) is 12.9. The molecule has 0 spiro atoms. The van der Waals surface area contributed by atoms with Gasteiger partial charge in [0.05, 0.1) is 24.8 Å². The highest BCUT2D eigenvalue weighted by Crippen LogP contribution is 2.50. The van der Waals surface area contributed by atoms with Crippen LogP contribution in [0.5, 0.6) is 11.5 Å². The van der Waals surface area contributed by atoms with Crippen LogP contribution in [-0.4, -0.2) is 60.4 Å². The Morgan fingerprint density at radius 3 is 2.67 bits per heavy atom. The molecule has 3 aliphatic rings. The first-order chi connectivity index (χ1) is 22.4. The third kappa shape index (κ3) is 5.30. The van der Waals surface area contributed by atoms with E-state index < -0.39 is 11.6 Å². The SMILES string of the molecule is CCc1nc(-c2cnc3c(c2)nc(CN2CCC(c4cccc5c4OC(C)(c4ccc(Cl)cc4F)O5)CC2)n3CC2CCO2)n[nH]1. The molecule has 238 valence electrons. The lowest BCUT2D eigenvalue weighted by Gasteiger charge is -2.33. The van der Waals surface area contributed by atoms with E-state index in [9.17, 15) is 4.39 Å². The van der Waals surface area contributed by atoms with Gasteiger partial charge in [-0.05, 0) is 68.6 Å². The maximum atomic E-state index is 14.9. The molecule has 3 aliphatic heterocycles. The first kappa shape index (κ1) is 29.3. The van der Waals surface area contributed by atoms with E-state index in [1.165, 1.54) is 6.07 Å². The molecule has 2 aromatic carbocycles. The first-order valence-corrected chi connectivity index (χ1v) is 16.3. The van der Waals surface area contributed by atoms with Crippen molar-refractivity contribution in [1.82, 2.24) is 34.6 Å². The van der Waals surface area contributed by atoms with Crippen LogP contribution < -0.4 is 9.47 Å². The van der Waals surface area contributed by atoms with Crippen LogP contribution in [0.3, 0.4) is 0 Å². The zero-order valence-electron chi connectivity index (χ0n) is 25.8. The molecule has 2 atom stereocenters. The Morgan fingerprint density at radius 1 is 1.09 bits per heavy atom. The number of piperidine rings is 1. The zero-order valence-corrected chi connectivity index (χ0v) is 26.6. The van der Waals surface area contributed by atoms with E-state index >= 15 is 0 Å². The molecule has 2 unspecified atom stereocenters. The molecular weight excluding hydrogens is 609 g/mol. The molecular formula is C34H35ClFN7O3. The lowest BCUT2D eigenvalue weighted by atomic mass is 9.88. The predicted octanol–water partition coefficient (Wildman–Crippen LogP) is 6.38. The molecule has 2 fully saturated rings. The normalized spacial score (nSPS) is 21.6. The van der Waals surface area contributed by atoms with Crippen molar-refractivity contribution >= 4 is 22.8 Å². The number of aryl methyl sites for hydroxylation is 1. The number of H-pyrrole nitrogens is 1. The molecule has 46 heavy (non-hydrogen) atoms. The van der Waals surface area contributed by atoms with Gasteiger partial charge in [0.2, 0.25) is 0 Å². The van der Waals surface area contributed by atoms with Crippen molar-refractivity contribution in [3.63, 3.8) is 0 Å². The molecule has 0 radical (unpaired) electrons. The van der Waals surface area contributed by atoms with Gasteiger partial charge in [-0.1, -0.05) is 30.7 Å². The number of halogens is 2. The van der Waals surface area contributed by atoms with Crippen LogP contribution in [0.4, 0.5) is 4.39 Å². The Bertz CT molecular complexity index is 1920. The Kier molecular flexibility index (Phi) is 7.42. The van der Waals surface area contributed by atoms with Gasteiger partial charge in [-0.15, -0.1) is 0 Å². The average molecular weight is 644 g/mol. The van der Waals surface area contributed by atoms with Gasteiger partial charge >= 0.3 is 0 Å². The Balaban J connectivity index is 0.997. The highest BCUT2D eigenvalue weighted by atomic mass is 35.5. The quantitative estimate of drug-likeness (QED) is 0.208. The van der Waals surface area contributed by atoms with Crippen LogP contribution in [0, 0.1) is 5.82 Å². The van der Waals surface area contributed by atoms with E-state index in [1.807, 2.05) is 31.3 Å². The Hall–Kier alpha value is -4.06. The maximum Gasteiger partial charge on any atom is 0.278 e. The van der Waals surface area contributed by atoms with Crippen LogP contribution in [0.1, 0.15) is 61.8 Å². The van der Waals surface area contributed by atoms with E-state index in [0.717, 1.165) is 85.9 Å². The molecule has 5 aromatic rings. The molecule has 1 N–H and O–H groups in total. The number of nitrogens with zero attached hydrogens (tertiary/aromatic N) is 6. The predicted molar refractivity (Wildman–Crippen MR) is 170 cm³/mol. The van der Waals surface area contributed by atoms with E-state index in [1.54, 1.807) is 19.1 Å². The monoisotopic (exact) mass is 643 g/mol. The summed E-state index contributed by atoms with van der Waals surface area (Å²) in [5, 5.41) is 7.68. The number of aromatic nitrogens is 6. The number of ether oxygens (including phenoxy) is 3. The largest absolute Gasteiger partial charge is 0.444 e. The number of likely N-dealkylation sites (tertiary alicyclic amines) is 1.